The Kier molecular flexibility index (Phi) is 4.79. The highest BCUT2D eigenvalue weighted by molar-refractivity contribution is 6.34. The molecule has 2 rings (SSSR count). The molecule has 2 aromatic carbocycles. The van der Waals surface area contributed by atoms with Gasteiger partial charge in [-0.2, -0.15) is 26.3 Å². The van der Waals surface area contributed by atoms with Crippen LogP contribution in [0.25, 0.3) is 11.1 Å². The van der Waals surface area contributed by atoms with E-state index < -0.39 is 24.5 Å². The molecule has 1 nitrogen and oxygen atoms in total. The normalized spacial score (nSPS) is 12.3. The molecule has 0 fully saturated rings. The van der Waals surface area contributed by atoms with Gasteiger partial charge >= 0.3 is 12.4 Å². The van der Waals surface area contributed by atoms with E-state index in [1.807, 2.05) is 0 Å². The maximum Gasteiger partial charge on any atom is 0.422 e. The van der Waals surface area contributed by atoms with Gasteiger partial charge < -0.3 is 4.74 Å². The summed E-state index contributed by atoms with van der Waals surface area (Å²) in [5, 5.41) is -0.100. The smallest absolute Gasteiger partial charge is 0.422 e. The van der Waals surface area contributed by atoms with Crippen molar-refractivity contribution < 1.29 is 31.1 Å². The maximum absolute atomic E-state index is 12.5. The van der Waals surface area contributed by atoms with Crippen LogP contribution in [0.4, 0.5) is 26.3 Å². The Bertz CT molecular complexity index is 676. The molecule has 0 heterocycles. The molecule has 0 N–H and O–H groups in total. The van der Waals surface area contributed by atoms with Crippen molar-refractivity contribution in [3.05, 3.63) is 53.1 Å². The number of halogens is 7. The molecule has 8 heteroatoms. The largest absolute Gasteiger partial charge is 0.483 e. The number of rotatable bonds is 3. The van der Waals surface area contributed by atoms with Crippen molar-refractivity contribution in [2.75, 3.05) is 6.61 Å². The number of benzene rings is 2. The molecule has 2 aromatic rings. The minimum atomic E-state index is -4.52. The Hall–Kier alpha value is -1.89. The van der Waals surface area contributed by atoms with E-state index in [4.69, 9.17) is 11.6 Å². The van der Waals surface area contributed by atoms with Gasteiger partial charge in [-0.1, -0.05) is 35.9 Å². The molecular formula is C15H9ClF6O. The van der Waals surface area contributed by atoms with E-state index in [0.717, 1.165) is 12.1 Å². The van der Waals surface area contributed by atoms with Crippen molar-refractivity contribution in [1.82, 2.24) is 0 Å². The molecule has 124 valence electrons. The highest BCUT2D eigenvalue weighted by Gasteiger charge is 2.30. The van der Waals surface area contributed by atoms with Crippen LogP contribution in [-0.4, -0.2) is 12.8 Å². The van der Waals surface area contributed by atoms with E-state index in [1.165, 1.54) is 30.3 Å². The average molecular weight is 355 g/mol. The molecule has 0 amide bonds. The SMILES string of the molecule is FC(F)(F)COc1cccc(-c2ccc(C(F)(F)F)cc2)c1Cl. The van der Waals surface area contributed by atoms with E-state index in [-0.39, 0.29) is 16.3 Å². The number of hydrogen-bond donors (Lipinski definition) is 0. The second kappa shape index (κ2) is 6.31. The predicted octanol–water partition coefficient (Wildman–Crippen LogP) is 5.97. The van der Waals surface area contributed by atoms with Gasteiger partial charge in [0.15, 0.2) is 6.61 Å². The van der Waals surface area contributed by atoms with Gasteiger partial charge in [0, 0.05) is 5.56 Å². The maximum atomic E-state index is 12.5. The fourth-order valence-electron chi connectivity index (χ4n) is 1.84. The van der Waals surface area contributed by atoms with Crippen molar-refractivity contribution >= 4 is 11.6 Å². The average Bonchev–Trinajstić information content (AvgIpc) is 2.44. The molecule has 23 heavy (non-hydrogen) atoms. The van der Waals surface area contributed by atoms with Gasteiger partial charge in [0.05, 0.1) is 10.6 Å². The third kappa shape index (κ3) is 4.54. The first kappa shape index (κ1) is 17.5. The molecule has 0 spiro atoms. The van der Waals surface area contributed by atoms with Gasteiger partial charge in [0.2, 0.25) is 0 Å². The molecule has 0 unspecified atom stereocenters. The lowest BCUT2D eigenvalue weighted by Crippen LogP contribution is -2.19. The monoisotopic (exact) mass is 354 g/mol. The Morgan fingerprint density at radius 1 is 0.870 bits per heavy atom. The number of hydrogen-bond acceptors (Lipinski definition) is 1. The van der Waals surface area contributed by atoms with Gasteiger partial charge in [-0.3, -0.25) is 0 Å². The summed E-state index contributed by atoms with van der Waals surface area (Å²) < 4.78 is 78.7. The highest BCUT2D eigenvalue weighted by Crippen LogP contribution is 2.37. The van der Waals surface area contributed by atoms with Crippen LogP contribution in [0.15, 0.2) is 42.5 Å². The summed E-state index contributed by atoms with van der Waals surface area (Å²) in [5.41, 5.74) is -0.220. The lowest BCUT2D eigenvalue weighted by atomic mass is 10.0. The Labute approximate surface area is 132 Å². The van der Waals surface area contributed by atoms with Crippen LogP contribution in [-0.2, 0) is 6.18 Å². The molecule has 0 atom stereocenters. The van der Waals surface area contributed by atoms with Crippen LogP contribution in [0.1, 0.15) is 5.56 Å². The molecule has 0 aliphatic carbocycles. The number of alkyl halides is 6. The fraction of sp³-hybridized carbons (Fsp3) is 0.200. The third-order valence-electron chi connectivity index (χ3n) is 2.88. The summed E-state index contributed by atoms with van der Waals surface area (Å²) in [6, 6.07) is 8.26. The van der Waals surface area contributed by atoms with Gasteiger partial charge in [-0.05, 0) is 23.8 Å². The molecule has 0 radical (unpaired) electrons. The van der Waals surface area contributed by atoms with E-state index >= 15 is 0 Å². The summed E-state index contributed by atoms with van der Waals surface area (Å²) in [4.78, 5) is 0. The summed E-state index contributed by atoms with van der Waals surface area (Å²) >= 11 is 5.99. The van der Waals surface area contributed by atoms with Crippen LogP contribution >= 0.6 is 11.6 Å². The highest BCUT2D eigenvalue weighted by atomic mass is 35.5. The Balaban J connectivity index is 2.30. The van der Waals surface area contributed by atoms with E-state index in [1.54, 1.807) is 0 Å². The number of ether oxygens (including phenoxy) is 1. The van der Waals surface area contributed by atoms with Crippen molar-refractivity contribution in [2.24, 2.45) is 0 Å². The van der Waals surface area contributed by atoms with Crippen LogP contribution in [0.5, 0.6) is 5.75 Å². The zero-order valence-corrected chi connectivity index (χ0v) is 12.1. The lowest BCUT2D eigenvalue weighted by molar-refractivity contribution is -0.153. The standard InChI is InChI=1S/C15H9ClF6O/c16-13-11(2-1-3-12(13)23-8-14(17,18)19)9-4-6-10(7-5-9)15(20,21)22/h1-7H,8H2. The van der Waals surface area contributed by atoms with E-state index in [0.29, 0.717) is 5.56 Å². The minimum absolute atomic E-state index is 0.100. The second-order valence-corrected chi connectivity index (χ2v) is 4.97. The molecule has 0 saturated heterocycles. The zero-order chi connectivity index (χ0) is 17.3. The summed E-state index contributed by atoms with van der Waals surface area (Å²) in [7, 11) is 0. The van der Waals surface area contributed by atoms with Gasteiger partial charge in [0.25, 0.3) is 0 Å². The quantitative estimate of drug-likeness (QED) is 0.617. The third-order valence-corrected chi connectivity index (χ3v) is 3.27. The minimum Gasteiger partial charge on any atom is -0.483 e. The summed E-state index contributed by atoms with van der Waals surface area (Å²) in [6.07, 6.45) is -8.99. The summed E-state index contributed by atoms with van der Waals surface area (Å²) in [6.45, 7) is -1.51. The van der Waals surface area contributed by atoms with Crippen molar-refractivity contribution in [1.29, 1.82) is 0 Å². The van der Waals surface area contributed by atoms with Crippen molar-refractivity contribution in [2.45, 2.75) is 12.4 Å². The Morgan fingerprint density at radius 2 is 1.48 bits per heavy atom. The predicted molar refractivity (Wildman–Crippen MR) is 73.4 cm³/mol. The van der Waals surface area contributed by atoms with Crippen molar-refractivity contribution in [3.63, 3.8) is 0 Å². The molecule has 0 aromatic heterocycles. The van der Waals surface area contributed by atoms with Gasteiger partial charge in [0.1, 0.15) is 5.75 Å². The fourth-order valence-corrected chi connectivity index (χ4v) is 2.13. The van der Waals surface area contributed by atoms with E-state index in [9.17, 15) is 26.3 Å². The summed E-state index contributed by atoms with van der Waals surface area (Å²) in [5.74, 6) is -0.193. The molecule has 0 bridgehead atoms. The van der Waals surface area contributed by atoms with Crippen LogP contribution < -0.4 is 4.74 Å². The van der Waals surface area contributed by atoms with E-state index in [2.05, 4.69) is 4.74 Å². The second-order valence-electron chi connectivity index (χ2n) is 4.60. The first-order chi connectivity index (χ1) is 10.6. The lowest BCUT2D eigenvalue weighted by Gasteiger charge is -2.13. The zero-order valence-electron chi connectivity index (χ0n) is 11.3. The first-order valence-electron chi connectivity index (χ1n) is 6.23. The van der Waals surface area contributed by atoms with Crippen molar-refractivity contribution in [3.8, 4) is 16.9 Å². The van der Waals surface area contributed by atoms with Crippen LogP contribution in [0, 0.1) is 0 Å². The van der Waals surface area contributed by atoms with Crippen LogP contribution in [0.2, 0.25) is 5.02 Å². The van der Waals surface area contributed by atoms with Gasteiger partial charge in [-0.25, -0.2) is 0 Å². The van der Waals surface area contributed by atoms with Crippen LogP contribution in [0.3, 0.4) is 0 Å². The van der Waals surface area contributed by atoms with Gasteiger partial charge in [-0.15, -0.1) is 0 Å². The molecule has 0 saturated carbocycles. The first-order valence-corrected chi connectivity index (χ1v) is 6.61. The molecule has 0 aliphatic rings. The molecule has 0 aliphatic heterocycles. The molecular weight excluding hydrogens is 346 g/mol. The topological polar surface area (TPSA) is 9.23 Å². The Morgan fingerprint density at radius 3 is 2.00 bits per heavy atom.